The average molecular weight is 206 g/mol. The Kier molecular flexibility index (Phi) is 2.70. The molecule has 0 amide bonds. The van der Waals surface area contributed by atoms with Crippen molar-refractivity contribution in [1.82, 2.24) is 15.0 Å². The van der Waals surface area contributed by atoms with Gasteiger partial charge >= 0.3 is 0 Å². The van der Waals surface area contributed by atoms with Crippen molar-refractivity contribution in [3.05, 3.63) is 53.3 Å². The summed E-state index contributed by atoms with van der Waals surface area (Å²) < 4.78 is 0. The lowest BCUT2D eigenvalue weighted by Gasteiger charge is -1.99. The zero-order chi connectivity index (χ0) is 9.80. The quantitative estimate of drug-likeness (QED) is 0.705. The molecule has 0 radical (unpaired) electrons. The molecule has 0 saturated heterocycles. The lowest BCUT2D eigenvalue weighted by atomic mass is 10.2. The number of hydrogen-bond donors (Lipinski definition) is 0. The van der Waals surface area contributed by atoms with Gasteiger partial charge in [-0.05, 0) is 29.3 Å². The summed E-state index contributed by atoms with van der Waals surface area (Å²) in [6.07, 6.45) is 5.93. The van der Waals surface area contributed by atoms with Gasteiger partial charge in [0, 0.05) is 30.7 Å². The van der Waals surface area contributed by atoms with Crippen LogP contribution in [0.1, 0.15) is 11.3 Å². The minimum atomic E-state index is 0.273. The standard InChI is InChI=1S/C10H8ClN3/c11-10-13-6-8(7-14-10)5-9-3-1-2-4-12-9/h1-4,6-7H,5H2. The maximum absolute atomic E-state index is 5.58. The molecule has 0 bridgehead atoms. The van der Waals surface area contributed by atoms with Gasteiger partial charge in [-0.3, -0.25) is 4.98 Å². The molecule has 14 heavy (non-hydrogen) atoms. The molecular weight excluding hydrogens is 198 g/mol. The third-order valence-corrected chi connectivity index (χ3v) is 1.98. The molecule has 2 aromatic rings. The zero-order valence-electron chi connectivity index (χ0n) is 7.39. The SMILES string of the molecule is Clc1ncc(Cc2ccccn2)cn1. The molecule has 4 heteroatoms. The predicted molar refractivity (Wildman–Crippen MR) is 54.1 cm³/mol. The van der Waals surface area contributed by atoms with Crippen LogP contribution >= 0.6 is 11.6 Å². The van der Waals surface area contributed by atoms with Gasteiger partial charge in [-0.15, -0.1) is 0 Å². The molecule has 0 spiro atoms. The van der Waals surface area contributed by atoms with Crippen LogP contribution in [-0.2, 0) is 6.42 Å². The monoisotopic (exact) mass is 205 g/mol. The molecule has 0 aromatic carbocycles. The highest BCUT2D eigenvalue weighted by Gasteiger charge is 1.97. The van der Waals surface area contributed by atoms with Crippen LogP contribution in [0, 0.1) is 0 Å². The molecule has 2 aromatic heterocycles. The predicted octanol–water partition coefficient (Wildman–Crippen LogP) is 2.12. The number of rotatable bonds is 2. The summed E-state index contributed by atoms with van der Waals surface area (Å²) in [6.45, 7) is 0. The summed E-state index contributed by atoms with van der Waals surface area (Å²) in [6, 6.07) is 5.82. The third-order valence-electron chi connectivity index (χ3n) is 1.79. The van der Waals surface area contributed by atoms with E-state index >= 15 is 0 Å². The molecule has 0 fully saturated rings. The Morgan fingerprint density at radius 2 is 1.86 bits per heavy atom. The van der Waals surface area contributed by atoms with Gasteiger partial charge in [-0.2, -0.15) is 0 Å². The van der Waals surface area contributed by atoms with Crippen molar-refractivity contribution in [3.63, 3.8) is 0 Å². The van der Waals surface area contributed by atoms with Gasteiger partial charge in [0.2, 0.25) is 5.28 Å². The Hall–Kier alpha value is -1.48. The second kappa shape index (κ2) is 4.15. The highest BCUT2D eigenvalue weighted by Crippen LogP contribution is 2.06. The van der Waals surface area contributed by atoms with Gasteiger partial charge in [0.25, 0.3) is 0 Å². The van der Waals surface area contributed by atoms with Crippen LogP contribution in [0.3, 0.4) is 0 Å². The van der Waals surface area contributed by atoms with E-state index in [4.69, 9.17) is 11.6 Å². The van der Waals surface area contributed by atoms with Crippen LogP contribution in [0.5, 0.6) is 0 Å². The molecule has 0 aliphatic carbocycles. The van der Waals surface area contributed by atoms with Crippen molar-refractivity contribution >= 4 is 11.6 Å². The maximum Gasteiger partial charge on any atom is 0.222 e. The first-order valence-corrected chi connectivity index (χ1v) is 4.59. The largest absolute Gasteiger partial charge is 0.261 e. The molecule has 0 atom stereocenters. The van der Waals surface area contributed by atoms with Crippen molar-refractivity contribution in [1.29, 1.82) is 0 Å². The number of aromatic nitrogens is 3. The van der Waals surface area contributed by atoms with E-state index < -0.39 is 0 Å². The van der Waals surface area contributed by atoms with E-state index in [9.17, 15) is 0 Å². The van der Waals surface area contributed by atoms with Gasteiger partial charge in [-0.1, -0.05) is 6.07 Å². The Bertz CT molecular complexity index is 399. The van der Waals surface area contributed by atoms with Crippen LogP contribution in [0.25, 0.3) is 0 Å². The zero-order valence-corrected chi connectivity index (χ0v) is 8.15. The summed E-state index contributed by atoms with van der Waals surface area (Å²) in [4.78, 5) is 12.0. The van der Waals surface area contributed by atoms with Gasteiger partial charge in [0.1, 0.15) is 0 Å². The Morgan fingerprint density at radius 1 is 1.07 bits per heavy atom. The summed E-state index contributed by atoms with van der Waals surface area (Å²) in [7, 11) is 0. The van der Waals surface area contributed by atoms with Crippen LogP contribution in [0.4, 0.5) is 0 Å². The molecule has 3 nitrogen and oxygen atoms in total. The molecule has 0 N–H and O–H groups in total. The summed E-state index contributed by atoms with van der Waals surface area (Å²) >= 11 is 5.58. The van der Waals surface area contributed by atoms with Gasteiger partial charge < -0.3 is 0 Å². The van der Waals surface area contributed by atoms with Crippen LogP contribution < -0.4 is 0 Å². The second-order valence-corrected chi connectivity index (χ2v) is 3.20. The van der Waals surface area contributed by atoms with E-state index in [0.29, 0.717) is 0 Å². The highest BCUT2D eigenvalue weighted by molar-refractivity contribution is 6.28. The van der Waals surface area contributed by atoms with Gasteiger partial charge in [0.05, 0.1) is 0 Å². The smallest absolute Gasteiger partial charge is 0.222 e. The molecule has 0 unspecified atom stereocenters. The molecule has 70 valence electrons. The molecule has 0 saturated carbocycles. The fourth-order valence-corrected chi connectivity index (χ4v) is 1.24. The normalized spacial score (nSPS) is 10.1. The van der Waals surface area contributed by atoms with E-state index in [1.165, 1.54) is 0 Å². The molecule has 0 aliphatic rings. The lowest BCUT2D eigenvalue weighted by molar-refractivity contribution is 1.02. The van der Waals surface area contributed by atoms with Crippen molar-refractivity contribution in [2.75, 3.05) is 0 Å². The minimum absolute atomic E-state index is 0.273. The first-order chi connectivity index (χ1) is 6.84. The van der Waals surface area contributed by atoms with E-state index in [1.54, 1.807) is 18.6 Å². The molecule has 0 aliphatic heterocycles. The van der Waals surface area contributed by atoms with Gasteiger partial charge in [0.15, 0.2) is 0 Å². The second-order valence-electron chi connectivity index (χ2n) is 2.86. The van der Waals surface area contributed by atoms with Crippen LogP contribution in [0.2, 0.25) is 5.28 Å². The first kappa shape index (κ1) is 9.09. The average Bonchev–Trinajstić information content (AvgIpc) is 2.23. The lowest BCUT2D eigenvalue weighted by Crippen LogP contribution is -1.93. The fourth-order valence-electron chi connectivity index (χ4n) is 1.14. The Labute approximate surface area is 86.8 Å². The van der Waals surface area contributed by atoms with Crippen LogP contribution in [-0.4, -0.2) is 15.0 Å². The van der Waals surface area contributed by atoms with Crippen molar-refractivity contribution in [2.24, 2.45) is 0 Å². The summed E-state index contributed by atoms with van der Waals surface area (Å²) in [5, 5.41) is 0.273. The number of nitrogens with zero attached hydrogens (tertiary/aromatic N) is 3. The Balaban J connectivity index is 2.16. The van der Waals surface area contributed by atoms with Crippen LogP contribution in [0.15, 0.2) is 36.8 Å². The minimum Gasteiger partial charge on any atom is -0.261 e. The van der Waals surface area contributed by atoms with E-state index in [2.05, 4.69) is 15.0 Å². The topological polar surface area (TPSA) is 38.7 Å². The van der Waals surface area contributed by atoms with Crippen molar-refractivity contribution in [2.45, 2.75) is 6.42 Å². The number of hydrogen-bond acceptors (Lipinski definition) is 3. The van der Waals surface area contributed by atoms with E-state index in [0.717, 1.165) is 17.7 Å². The Morgan fingerprint density at radius 3 is 2.50 bits per heavy atom. The maximum atomic E-state index is 5.58. The van der Waals surface area contributed by atoms with E-state index in [1.807, 2.05) is 18.2 Å². The molecular formula is C10H8ClN3. The number of pyridine rings is 1. The number of halogens is 1. The van der Waals surface area contributed by atoms with Crippen molar-refractivity contribution < 1.29 is 0 Å². The summed E-state index contributed by atoms with van der Waals surface area (Å²) in [5.41, 5.74) is 2.01. The molecule has 2 heterocycles. The fraction of sp³-hybridized carbons (Fsp3) is 0.100. The summed E-state index contributed by atoms with van der Waals surface area (Å²) in [5.74, 6) is 0. The highest BCUT2D eigenvalue weighted by atomic mass is 35.5. The molecule has 2 rings (SSSR count). The third kappa shape index (κ3) is 2.26. The first-order valence-electron chi connectivity index (χ1n) is 4.21. The van der Waals surface area contributed by atoms with Crippen molar-refractivity contribution in [3.8, 4) is 0 Å². The van der Waals surface area contributed by atoms with E-state index in [-0.39, 0.29) is 5.28 Å². The van der Waals surface area contributed by atoms with Gasteiger partial charge in [-0.25, -0.2) is 9.97 Å².